The van der Waals surface area contributed by atoms with Gasteiger partial charge in [-0.1, -0.05) is 6.82 Å². The molecule has 73 valence electrons. The molecule has 0 bridgehead atoms. The zero-order valence-corrected chi connectivity index (χ0v) is 8.70. The highest BCUT2D eigenvalue weighted by Crippen LogP contribution is 2.23. The van der Waals surface area contributed by atoms with Crippen LogP contribution in [0.3, 0.4) is 0 Å². The number of hydrogen-bond donors (Lipinski definition) is 0. The first-order valence-corrected chi connectivity index (χ1v) is 4.97. The first kappa shape index (κ1) is 11.1. The van der Waals surface area contributed by atoms with E-state index < -0.39 is 0 Å². The largest absolute Gasteiger partial charge is 0.379 e. The minimum Gasteiger partial charge on any atom is -0.379 e. The Labute approximate surface area is 80.5 Å². The predicted molar refractivity (Wildman–Crippen MR) is 49.3 cm³/mol. The third-order valence-electron chi connectivity index (χ3n) is 2.19. The summed E-state index contributed by atoms with van der Waals surface area (Å²) in [4.78, 5) is 0. The Bertz CT molecular complexity index is 169. The van der Waals surface area contributed by atoms with Gasteiger partial charge in [-0.3, -0.25) is 4.52 Å². The van der Waals surface area contributed by atoms with E-state index >= 15 is 0 Å². The fourth-order valence-electron chi connectivity index (χ4n) is 1.46. The molecule has 6 heteroatoms. The molecular weight excluding hydrogens is 190 g/mol. The Morgan fingerprint density at radius 3 is 3.00 bits per heavy atom. The van der Waals surface area contributed by atoms with Crippen LogP contribution in [0.5, 0.6) is 0 Å². The molecule has 3 unspecified atom stereocenters. The van der Waals surface area contributed by atoms with Gasteiger partial charge in [0.15, 0.2) is 0 Å². The van der Waals surface area contributed by atoms with E-state index in [2.05, 4.69) is 0 Å². The van der Waals surface area contributed by atoms with Crippen LogP contribution in [-0.2, 0) is 18.6 Å². The fourth-order valence-corrected chi connectivity index (χ4v) is 1.67. The first-order valence-electron chi connectivity index (χ1n) is 4.24. The molecule has 0 N–H and O–H groups in total. The Hall–Kier alpha value is 0.0449. The van der Waals surface area contributed by atoms with E-state index in [1.54, 1.807) is 7.11 Å². The molecule has 1 aliphatic heterocycles. The molecule has 0 amide bonds. The monoisotopic (exact) mass is 203 g/mol. The molecule has 0 aromatic heterocycles. The smallest absolute Gasteiger partial charge is 0.327 e. The Balaban J connectivity index is 2.37. The van der Waals surface area contributed by atoms with Crippen LogP contribution in [0.4, 0.5) is 0 Å². The summed E-state index contributed by atoms with van der Waals surface area (Å²) in [5.41, 5.74) is 0. The molecule has 1 heterocycles. The van der Waals surface area contributed by atoms with Gasteiger partial charge >= 0.3 is 8.69 Å². The average Bonchev–Trinajstić information content (AvgIpc) is 2.57. The summed E-state index contributed by atoms with van der Waals surface area (Å²) in [6, 6.07) is 0.127. The first-order chi connectivity index (χ1) is 6.31. The minimum absolute atomic E-state index is 0.0444. The SMILES string of the molecule is C[B]C1CC(OC)C(COP=O)O1. The molecular formula is C7H13BO4P. The summed E-state index contributed by atoms with van der Waals surface area (Å²) < 4.78 is 25.6. The topological polar surface area (TPSA) is 44.8 Å². The molecule has 4 nitrogen and oxygen atoms in total. The molecule has 1 rings (SSSR count). The van der Waals surface area contributed by atoms with Crippen molar-refractivity contribution in [2.24, 2.45) is 0 Å². The fraction of sp³-hybridized carbons (Fsp3) is 1.00. The van der Waals surface area contributed by atoms with E-state index in [4.69, 9.17) is 14.0 Å². The van der Waals surface area contributed by atoms with E-state index in [0.717, 1.165) is 6.42 Å². The minimum atomic E-state index is -0.307. The van der Waals surface area contributed by atoms with Gasteiger partial charge in [0, 0.05) is 13.1 Å². The van der Waals surface area contributed by atoms with E-state index in [-0.39, 0.29) is 26.9 Å². The van der Waals surface area contributed by atoms with Crippen LogP contribution in [0.1, 0.15) is 6.42 Å². The van der Waals surface area contributed by atoms with E-state index in [9.17, 15) is 4.57 Å². The Morgan fingerprint density at radius 1 is 1.69 bits per heavy atom. The maximum absolute atomic E-state index is 10.1. The van der Waals surface area contributed by atoms with Crippen molar-refractivity contribution in [2.75, 3.05) is 13.7 Å². The van der Waals surface area contributed by atoms with Gasteiger partial charge in [-0.05, 0) is 6.42 Å². The zero-order valence-electron chi connectivity index (χ0n) is 7.80. The lowest BCUT2D eigenvalue weighted by molar-refractivity contribution is -0.0129. The molecule has 0 aliphatic carbocycles. The van der Waals surface area contributed by atoms with Crippen LogP contribution < -0.4 is 0 Å². The van der Waals surface area contributed by atoms with Crippen LogP contribution >= 0.6 is 8.69 Å². The van der Waals surface area contributed by atoms with Gasteiger partial charge in [0.25, 0.3) is 0 Å². The average molecular weight is 203 g/mol. The highest BCUT2D eigenvalue weighted by Gasteiger charge is 2.34. The van der Waals surface area contributed by atoms with Crippen molar-refractivity contribution < 1.29 is 18.6 Å². The summed E-state index contributed by atoms with van der Waals surface area (Å²) in [5, 5.41) is 0. The molecule has 1 fully saturated rings. The second-order valence-corrected chi connectivity index (χ2v) is 3.33. The normalized spacial score (nSPS) is 33.8. The molecule has 0 aromatic rings. The highest BCUT2D eigenvalue weighted by molar-refractivity contribution is 7.17. The van der Waals surface area contributed by atoms with Crippen molar-refractivity contribution >= 4 is 16.0 Å². The molecule has 0 aromatic carbocycles. The van der Waals surface area contributed by atoms with Crippen LogP contribution in [0.2, 0.25) is 6.82 Å². The number of hydrogen-bond acceptors (Lipinski definition) is 4. The number of methoxy groups -OCH3 is 1. The van der Waals surface area contributed by atoms with Crippen LogP contribution in [0.15, 0.2) is 0 Å². The number of ether oxygens (including phenoxy) is 2. The molecule has 1 saturated heterocycles. The van der Waals surface area contributed by atoms with Crippen LogP contribution in [-0.4, -0.2) is 39.2 Å². The van der Waals surface area contributed by atoms with Gasteiger partial charge in [0.1, 0.15) is 13.4 Å². The second-order valence-electron chi connectivity index (χ2n) is 2.93. The lowest BCUT2D eigenvalue weighted by Crippen LogP contribution is -2.27. The van der Waals surface area contributed by atoms with Gasteiger partial charge in [-0.15, -0.1) is 0 Å². The van der Waals surface area contributed by atoms with Gasteiger partial charge < -0.3 is 9.47 Å². The van der Waals surface area contributed by atoms with Crippen molar-refractivity contribution in [3.05, 3.63) is 0 Å². The molecule has 0 spiro atoms. The molecule has 0 saturated carbocycles. The van der Waals surface area contributed by atoms with Crippen molar-refractivity contribution in [1.29, 1.82) is 0 Å². The summed E-state index contributed by atoms with van der Waals surface area (Å²) in [6.45, 7) is 2.26. The highest BCUT2D eigenvalue weighted by atomic mass is 31.1. The van der Waals surface area contributed by atoms with Crippen molar-refractivity contribution in [3.63, 3.8) is 0 Å². The summed E-state index contributed by atoms with van der Waals surface area (Å²) in [7, 11) is 3.33. The quantitative estimate of drug-likeness (QED) is 0.495. The van der Waals surface area contributed by atoms with Crippen LogP contribution in [0.25, 0.3) is 0 Å². The van der Waals surface area contributed by atoms with Gasteiger partial charge in [0.2, 0.25) is 0 Å². The van der Waals surface area contributed by atoms with Crippen LogP contribution in [0, 0.1) is 0 Å². The molecule has 13 heavy (non-hydrogen) atoms. The predicted octanol–water partition coefficient (Wildman–Crippen LogP) is 1.09. The summed E-state index contributed by atoms with van der Waals surface area (Å²) >= 11 is 0. The molecule has 1 aliphatic rings. The summed E-state index contributed by atoms with van der Waals surface area (Å²) in [6.07, 6.45) is 0.784. The third kappa shape index (κ3) is 3.02. The second kappa shape index (κ2) is 5.71. The third-order valence-corrected chi connectivity index (χ3v) is 2.45. The lowest BCUT2D eigenvalue weighted by atomic mass is 9.73. The van der Waals surface area contributed by atoms with Crippen molar-refractivity contribution in [1.82, 2.24) is 0 Å². The maximum Gasteiger partial charge on any atom is 0.327 e. The van der Waals surface area contributed by atoms with E-state index in [0.29, 0.717) is 6.61 Å². The van der Waals surface area contributed by atoms with E-state index in [1.165, 1.54) is 0 Å². The van der Waals surface area contributed by atoms with E-state index in [1.807, 2.05) is 14.1 Å². The Morgan fingerprint density at radius 2 is 2.46 bits per heavy atom. The van der Waals surface area contributed by atoms with Crippen molar-refractivity contribution in [3.8, 4) is 0 Å². The van der Waals surface area contributed by atoms with Gasteiger partial charge in [-0.25, -0.2) is 4.57 Å². The summed E-state index contributed by atoms with van der Waals surface area (Å²) in [5.74, 6) is 0. The standard InChI is InChI=1S/C7H13BO4P/c1-8-7-3-5(10-2)6(12-7)4-11-13-9/h5-7H,3-4H2,1-2H3. The number of rotatable bonds is 5. The lowest BCUT2D eigenvalue weighted by Gasteiger charge is -2.14. The maximum atomic E-state index is 10.1. The molecule has 1 radical (unpaired) electrons. The molecule has 3 atom stereocenters. The van der Waals surface area contributed by atoms with Gasteiger partial charge in [0.05, 0.1) is 12.7 Å². The zero-order chi connectivity index (χ0) is 9.68. The van der Waals surface area contributed by atoms with Gasteiger partial charge in [-0.2, -0.15) is 0 Å². The Kier molecular flexibility index (Phi) is 4.88. The van der Waals surface area contributed by atoms with Crippen molar-refractivity contribution in [2.45, 2.75) is 31.5 Å².